The van der Waals surface area contributed by atoms with E-state index in [1.165, 1.54) is 5.56 Å². The highest BCUT2D eigenvalue weighted by Gasteiger charge is 2.22. The van der Waals surface area contributed by atoms with E-state index in [0.717, 1.165) is 65.7 Å². The molecule has 1 aliphatic rings. The van der Waals surface area contributed by atoms with E-state index in [4.69, 9.17) is 4.74 Å². The first kappa shape index (κ1) is 19.0. The largest absolute Gasteiger partial charge is 0.457 e. The van der Waals surface area contributed by atoms with Gasteiger partial charge in [-0.3, -0.25) is 10.00 Å². The second-order valence-electron chi connectivity index (χ2n) is 7.26. The van der Waals surface area contributed by atoms with Crippen LogP contribution >= 0.6 is 15.9 Å². The van der Waals surface area contributed by atoms with Gasteiger partial charge in [0, 0.05) is 32.7 Å². The molecule has 30 heavy (non-hydrogen) atoms. The number of H-pyrrole nitrogens is 1. The van der Waals surface area contributed by atoms with Gasteiger partial charge in [0.1, 0.15) is 28.2 Å². The third kappa shape index (κ3) is 4.01. The molecule has 1 aliphatic heterocycles. The molecule has 4 aromatic rings. The van der Waals surface area contributed by atoms with Crippen LogP contribution < -0.4 is 9.64 Å². The van der Waals surface area contributed by atoms with Gasteiger partial charge in [-0.1, -0.05) is 30.3 Å². The molecule has 0 saturated carbocycles. The van der Waals surface area contributed by atoms with Gasteiger partial charge in [0.05, 0.1) is 5.39 Å². The lowest BCUT2D eigenvalue weighted by molar-refractivity contribution is 0.249. The number of fused-ring (bicyclic) bond motifs is 1. The molecule has 152 valence electrons. The number of halogens is 1. The Labute approximate surface area is 182 Å². The standard InChI is InChI=1S/C22H21BrN6O/c23-20-19-21(27-26-20)24-15-25-22(19)29-11-9-28(10-12-29)14-16-5-4-8-18(13-16)30-17-6-2-1-3-7-17/h1-8,13,15H,9-12,14H2,(H,24,25,26,27). The van der Waals surface area contributed by atoms with Crippen molar-refractivity contribution >= 4 is 32.8 Å². The summed E-state index contributed by atoms with van der Waals surface area (Å²) in [5, 5.41) is 8.08. The molecule has 0 atom stereocenters. The summed E-state index contributed by atoms with van der Waals surface area (Å²) in [7, 11) is 0. The van der Waals surface area contributed by atoms with Gasteiger partial charge in [-0.05, 0) is 45.8 Å². The molecule has 0 spiro atoms. The summed E-state index contributed by atoms with van der Waals surface area (Å²) in [6.07, 6.45) is 1.59. The molecule has 2 aromatic heterocycles. The summed E-state index contributed by atoms with van der Waals surface area (Å²) in [6, 6.07) is 18.2. The normalized spacial score (nSPS) is 14.9. The smallest absolute Gasteiger partial charge is 0.161 e. The van der Waals surface area contributed by atoms with Crippen molar-refractivity contribution in [3.8, 4) is 11.5 Å². The summed E-state index contributed by atoms with van der Waals surface area (Å²) in [5.74, 6) is 2.65. The maximum absolute atomic E-state index is 5.97. The molecule has 1 N–H and O–H groups in total. The predicted octanol–water partition coefficient (Wildman–Crippen LogP) is 4.23. The van der Waals surface area contributed by atoms with E-state index in [2.05, 4.69) is 64.1 Å². The maximum Gasteiger partial charge on any atom is 0.161 e. The fraction of sp³-hybridized carbons (Fsp3) is 0.227. The number of hydrogen-bond donors (Lipinski definition) is 1. The minimum absolute atomic E-state index is 0.754. The number of aromatic amines is 1. The van der Waals surface area contributed by atoms with Gasteiger partial charge in [-0.15, -0.1) is 0 Å². The van der Waals surface area contributed by atoms with E-state index >= 15 is 0 Å². The maximum atomic E-state index is 5.97. The zero-order chi connectivity index (χ0) is 20.3. The number of para-hydroxylation sites is 1. The number of nitrogens with one attached hydrogen (secondary N) is 1. The van der Waals surface area contributed by atoms with Crippen LogP contribution in [0.5, 0.6) is 11.5 Å². The first-order chi connectivity index (χ1) is 14.8. The van der Waals surface area contributed by atoms with Gasteiger partial charge in [-0.2, -0.15) is 5.10 Å². The molecule has 8 heteroatoms. The average Bonchev–Trinajstić information content (AvgIpc) is 3.16. The Morgan fingerprint density at radius 3 is 2.57 bits per heavy atom. The van der Waals surface area contributed by atoms with Gasteiger partial charge in [0.2, 0.25) is 0 Å². The minimum Gasteiger partial charge on any atom is -0.457 e. The Kier molecular flexibility index (Phi) is 5.33. The Bertz CT molecular complexity index is 1140. The number of benzene rings is 2. The molecule has 0 radical (unpaired) electrons. The predicted molar refractivity (Wildman–Crippen MR) is 120 cm³/mol. The van der Waals surface area contributed by atoms with E-state index in [9.17, 15) is 0 Å². The van der Waals surface area contributed by atoms with Gasteiger partial charge < -0.3 is 9.64 Å². The first-order valence-electron chi connectivity index (χ1n) is 9.90. The van der Waals surface area contributed by atoms with Crippen LogP contribution in [0.3, 0.4) is 0 Å². The van der Waals surface area contributed by atoms with E-state index in [-0.39, 0.29) is 0 Å². The van der Waals surface area contributed by atoms with E-state index < -0.39 is 0 Å². The van der Waals surface area contributed by atoms with Crippen LogP contribution in [0.4, 0.5) is 5.82 Å². The van der Waals surface area contributed by atoms with Crippen molar-refractivity contribution < 1.29 is 4.74 Å². The highest BCUT2D eigenvalue weighted by atomic mass is 79.9. The summed E-state index contributed by atoms with van der Waals surface area (Å²) in [6.45, 7) is 4.64. The number of nitrogens with zero attached hydrogens (tertiary/aromatic N) is 5. The number of rotatable bonds is 5. The fourth-order valence-electron chi connectivity index (χ4n) is 3.76. The highest BCUT2D eigenvalue weighted by molar-refractivity contribution is 9.10. The van der Waals surface area contributed by atoms with Crippen molar-refractivity contribution in [3.05, 3.63) is 71.1 Å². The van der Waals surface area contributed by atoms with Gasteiger partial charge in [0.25, 0.3) is 0 Å². The molecule has 2 aromatic carbocycles. The van der Waals surface area contributed by atoms with Gasteiger partial charge in [-0.25, -0.2) is 9.97 Å². The Morgan fingerprint density at radius 2 is 1.73 bits per heavy atom. The lowest BCUT2D eigenvalue weighted by Gasteiger charge is -2.35. The van der Waals surface area contributed by atoms with Gasteiger partial charge >= 0.3 is 0 Å². The molecule has 0 unspecified atom stereocenters. The number of ether oxygens (including phenoxy) is 1. The van der Waals surface area contributed by atoms with Gasteiger partial charge in [0.15, 0.2) is 5.65 Å². The van der Waals surface area contributed by atoms with Crippen molar-refractivity contribution in [2.45, 2.75) is 6.54 Å². The molecule has 1 saturated heterocycles. The lowest BCUT2D eigenvalue weighted by Crippen LogP contribution is -2.46. The van der Waals surface area contributed by atoms with Crippen LogP contribution in [0.1, 0.15) is 5.56 Å². The zero-order valence-corrected chi connectivity index (χ0v) is 17.9. The third-order valence-corrected chi connectivity index (χ3v) is 5.82. The van der Waals surface area contributed by atoms with Crippen LogP contribution in [0.2, 0.25) is 0 Å². The fourth-order valence-corrected chi connectivity index (χ4v) is 4.21. The number of anilines is 1. The Morgan fingerprint density at radius 1 is 0.933 bits per heavy atom. The third-order valence-electron chi connectivity index (χ3n) is 5.25. The van der Waals surface area contributed by atoms with Crippen molar-refractivity contribution in [1.29, 1.82) is 0 Å². The number of aromatic nitrogens is 4. The summed E-state index contributed by atoms with van der Waals surface area (Å²) < 4.78 is 6.73. The highest BCUT2D eigenvalue weighted by Crippen LogP contribution is 2.29. The van der Waals surface area contributed by atoms with Crippen molar-refractivity contribution in [1.82, 2.24) is 25.1 Å². The SMILES string of the molecule is Brc1n[nH]c2ncnc(N3CCN(Cc4cccc(Oc5ccccc5)c4)CC3)c12. The van der Waals surface area contributed by atoms with E-state index in [1.54, 1.807) is 6.33 Å². The number of piperazine rings is 1. The molecule has 0 amide bonds. The van der Waals surface area contributed by atoms with Crippen LogP contribution in [0.15, 0.2) is 65.5 Å². The summed E-state index contributed by atoms with van der Waals surface area (Å²) in [5.41, 5.74) is 2.00. The molecule has 3 heterocycles. The average molecular weight is 465 g/mol. The van der Waals surface area contributed by atoms with Crippen LogP contribution in [-0.2, 0) is 6.54 Å². The van der Waals surface area contributed by atoms with Crippen LogP contribution in [0.25, 0.3) is 11.0 Å². The number of hydrogen-bond acceptors (Lipinski definition) is 6. The Balaban J connectivity index is 1.23. The summed E-state index contributed by atoms with van der Waals surface area (Å²) >= 11 is 3.50. The molecule has 5 rings (SSSR count). The van der Waals surface area contributed by atoms with E-state index in [1.807, 2.05) is 36.4 Å². The first-order valence-corrected chi connectivity index (χ1v) is 10.7. The van der Waals surface area contributed by atoms with E-state index in [0.29, 0.717) is 0 Å². The quantitative estimate of drug-likeness (QED) is 0.476. The van der Waals surface area contributed by atoms with Crippen LogP contribution in [0, 0.1) is 0 Å². The molecular weight excluding hydrogens is 444 g/mol. The van der Waals surface area contributed by atoms with Crippen molar-refractivity contribution in [3.63, 3.8) is 0 Å². The monoisotopic (exact) mass is 464 g/mol. The molecule has 0 bridgehead atoms. The zero-order valence-electron chi connectivity index (χ0n) is 16.3. The summed E-state index contributed by atoms with van der Waals surface area (Å²) in [4.78, 5) is 13.5. The van der Waals surface area contributed by atoms with Crippen molar-refractivity contribution in [2.24, 2.45) is 0 Å². The minimum atomic E-state index is 0.754. The lowest BCUT2D eigenvalue weighted by atomic mass is 10.2. The topological polar surface area (TPSA) is 70.2 Å². The van der Waals surface area contributed by atoms with Crippen LogP contribution in [-0.4, -0.2) is 51.2 Å². The molecular formula is C22H21BrN6O. The molecule has 1 fully saturated rings. The Hall–Kier alpha value is -2.97. The van der Waals surface area contributed by atoms with Crippen molar-refractivity contribution in [2.75, 3.05) is 31.1 Å². The molecule has 0 aliphatic carbocycles. The second-order valence-corrected chi connectivity index (χ2v) is 8.01. The second kappa shape index (κ2) is 8.41. The molecule has 7 nitrogen and oxygen atoms in total.